The molecule has 0 unspecified atom stereocenters. The van der Waals surface area contributed by atoms with E-state index in [0.29, 0.717) is 6.42 Å². The van der Waals surface area contributed by atoms with Gasteiger partial charge in [0.1, 0.15) is 6.04 Å². The van der Waals surface area contributed by atoms with Crippen LogP contribution < -0.4 is 11.1 Å². The Hall–Kier alpha value is -1.10. The molecule has 0 heterocycles. The molecule has 1 atom stereocenters. The smallest absolute Gasteiger partial charge is 0.322 e. The Morgan fingerprint density at radius 3 is 2.56 bits per heavy atom. The van der Waals surface area contributed by atoms with E-state index in [1.807, 2.05) is 0 Å². The lowest BCUT2D eigenvalue weighted by Crippen LogP contribution is -2.39. The van der Waals surface area contributed by atoms with Crippen molar-refractivity contribution in [3.63, 3.8) is 0 Å². The van der Waals surface area contributed by atoms with Crippen molar-refractivity contribution < 1.29 is 14.3 Å². The quantitative estimate of drug-likeness (QED) is 0.448. The number of esters is 1. The zero-order valence-corrected chi connectivity index (χ0v) is 10.1. The number of hydrogen-bond donors (Lipinski definition) is 2. The molecule has 1 amide bonds. The number of amides is 1. The van der Waals surface area contributed by atoms with Gasteiger partial charge in [0, 0.05) is 6.42 Å². The van der Waals surface area contributed by atoms with Crippen molar-refractivity contribution in [2.75, 3.05) is 13.7 Å². The van der Waals surface area contributed by atoms with Crippen LogP contribution in [0.2, 0.25) is 0 Å². The van der Waals surface area contributed by atoms with Gasteiger partial charge in [-0.3, -0.25) is 9.59 Å². The first-order valence-corrected chi connectivity index (χ1v) is 5.71. The largest absolute Gasteiger partial charge is 0.468 e. The highest BCUT2D eigenvalue weighted by molar-refractivity contribution is 5.78. The fraction of sp³-hybridized carbons (Fsp3) is 0.818. The highest BCUT2D eigenvalue weighted by Gasteiger charge is 2.18. The van der Waals surface area contributed by atoms with Crippen LogP contribution in [0.3, 0.4) is 0 Å². The highest BCUT2D eigenvalue weighted by atomic mass is 16.5. The molecule has 0 aromatic rings. The summed E-state index contributed by atoms with van der Waals surface area (Å²) >= 11 is 0. The van der Waals surface area contributed by atoms with E-state index in [1.165, 1.54) is 7.11 Å². The molecule has 0 aliphatic rings. The van der Waals surface area contributed by atoms with Crippen molar-refractivity contribution in [2.24, 2.45) is 5.73 Å². The molecule has 0 saturated heterocycles. The number of carbonyl (C=O) groups excluding carboxylic acids is 2. The summed E-state index contributed by atoms with van der Waals surface area (Å²) < 4.78 is 4.65. The van der Waals surface area contributed by atoms with E-state index < -0.39 is 11.9 Å². The Morgan fingerprint density at radius 1 is 1.38 bits per heavy atom. The Morgan fingerprint density at radius 2 is 2.06 bits per heavy atom. The van der Waals surface area contributed by atoms with Gasteiger partial charge in [0.2, 0.25) is 5.91 Å². The summed E-state index contributed by atoms with van der Waals surface area (Å²) in [5.41, 5.74) is 5.04. The number of carbonyl (C=O) groups is 2. The number of methoxy groups -OCH3 is 1. The topological polar surface area (TPSA) is 81.4 Å². The van der Waals surface area contributed by atoms with Gasteiger partial charge in [-0.1, -0.05) is 19.8 Å². The number of nitrogens with two attached hydrogens (primary N) is 1. The standard InChI is InChI=1S/C11H22N2O3/c1-3-4-5-8-13-9(11(15)16-2)6-7-10(12)14/h9,13H,3-8H2,1-2H3,(H2,12,14)/t9-/m0/s1. The molecule has 0 aromatic carbocycles. The number of hydrogen-bond acceptors (Lipinski definition) is 4. The van der Waals surface area contributed by atoms with E-state index >= 15 is 0 Å². The minimum absolute atomic E-state index is 0.195. The van der Waals surface area contributed by atoms with Gasteiger partial charge in [-0.15, -0.1) is 0 Å². The monoisotopic (exact) mass is 230 g/mol. The number of unbranched alkanes of at least 4 members (excludes halogenated alkanes) is 2. The van der Waals surface area contributed by atoms with Crippen LogP contribution in [0.25, 0.3) is 0 Å². The number of ether oxygens (including phenoxy) is 1. The molecular formula is C11H22N2O3. The molecule has 0 bridgehead atoms. The molecule has 0 rings (SSSR count). The van der Waals surface area contributed by atoms with Crippen LogP contribution in [0.1, 0.15) is 39.0 Å². The first-order valence-electron chi connectivity index (χ1n) is 5.71. The van der Waals surface area contributed by atoms with Crippen LogP contribution in [-0.4, -0.2) is 31.6 Å². The summed E-state index contributed by atoms with van der Waals surface area (Å²) in [5.74, 6) is -0.734. The van der Waals surface area contributed by atoms with Crippen molar-refractivity contribution in [1.29, 1.82) is 0 Å². The third-order valence-corrected chi connectivity index (χ3v) is 2.34. The summed E-state index contributed by atoms with van der Waals surface area (Å²) in [4.78, 5) is 22.0. The van der Waals surface area contributed by atoms with E-state index in [0.717, 1.165) is 25.8 Å². The second kappa shape index (κ2) is 9.15. The van der Waals surface area contributed by atoms with Crippen molar-refractivity contribution in [1.82, 2.24) is 5.32 Å². The number of rotatable bonds is 9. The number of nitrogens with one attached hydrogen (secondary N) is 1. The molecule has 3 N–H and O–H groups in total. The van der Waals surface area contributed by atoms with Crippen molar-refractivity contribution in [3.8, 4) is 0 Å². The molecular weight excluding hydrogens is 208 g/mol. The maximum Gasteiger partial charge on any atom is 0.322 e. The molecule has 5 nitrogen and oxygen atoms in total. The van der Waals surface area contributed by atoms with Crippen LogP contribution in [0.4, 0.5) is 0 Å². The number of primary amides is 1. The maximum atomic E-state index is 11.4. The van der Waals surface area contributed by atoms with Crippen LogP contribution >= 0.6 is 0 Å². The molecule has 0 aromatic heterocycles. The second-order valence-electron chi connectivity index (χ2n) is 3.74. The average molecular weight is 230 g/mol. The zero-order valence-electron chi connectivity index (χ0n) is 10.1. The van der Waals surface area contributed by atoms with Gasteiger partial charge in [-0.2, -0.15) is 0 Å². The molecule has 0 aliphatic heterocycles. The first kappa shape index (κ1) is 14.9. The van der Waals surface area contributed by atoms with Gasteiger partial charge < -0.3 is 15.8 Å². The molecule has 16 heavy (non-hydrogen) atoms. The van der Waals surface area contributed by atoms with E-state index in [9.17, 15) is 9.59 Å². The normalized spacial score (nSPS) is 12.1. The van der Waals surface area contributed by atoms with E-state index in [2.05, 4.69) is 17.0 Å². The van der Waals surface area contributed by atoms with Gasteiger partial charge >= 0.3 is 5.97 Å². The Kier molecular flexibility index (Phi) is 8.52. The SMILES string of the molecule is CCCCCN[C@@H](CCC(N)=O)C(=O)OC. The minimum Gasteiger partial charge on any atom is -0.468 e. The van der Waals surface area contributed by atoms with Crippen molar-refractivity contribution >= 4 is 11.9 Å². The molecule has 0 aliphatic carbocycles. The van der Waals surface area contributed by atoms with Gasteiger partial charge in [0.25, 0.3) is 0 Å². The van der Waals surface area contributed by atoms with Crippen LogP contribution in [0.5, 0.6) is 0 Å². The summed E-state index contributed by atoms with van der Waals surface area (Å²) in [5, 5.41) is 3.08. The highest BCUT2D eigenvalue weighted by Crippen LogP contribution is 2.00. The first-order chi connectivity index (χ1) is 7.61. The lowest BCUT2D eigenvalue weighted by Gasteiger charge is -2.15. The molecule has 0 fully saturated rings. The van der Waals surface area contributed by atoms with Gasteiger partial charge in [-0.05, 0) is 19.4 Å². The summed E-state index contributed by atoms with van der Waals surface area (Å²) in [6, 6.07) is -0.422. The lowest BCUT2D eigenvalue weighted by molar-refractivity contribution is -0.143. The molecule has 0 saturated carbocycles. The third kappa shape index (κ3) is 7.23. The Labute approximate surface area is 96.7 Å². The second-order valence-corrected chi connectivity index (χ2v) is 3.74. The minimum atomic E-state index is -0.422. The molecule has 5 heteroatoms. The summed E-state index contributed by atoms with van der Waals surface area (Å²) in [6.07, 6.45) is 3.86. The summed E-state index contributed by atoms with van der Waals surface area (Å²) in [6.45, 7) is 2.87. The summed E-state index contributed by atoms with van der Waals surface area (Å²) in [7, 11) is 1.34. The van der Waals surface area contributed by atoms with E-state index in [-0.39, 0.29) is 12.4 Å². The molecule has 94 valence electrons. The Bertz CT molecular complexity index is 219. The molecule has 0 radical (unpaired) electrons. The van der Waals surface area contributed by atoms with E-state index in [4.69, 9.17) is 5.73 Å². The third-order valence-electron chi connectivity index (χ3n) is 2.34. The zero-order chi connectivity index (χ0) is 12.4. The van der Waals surface area contributed by atoms with Gasteiger partial charge in [0.15, 0.2) is 0 Å². The van der Waals surface area contributed by atoms with Gasteiger partial charge in [0.05, 0.1) is 7.11 Å². The van der Waals surface area contributed by atoms with Crippen LogP contribution in [0, 0.1) is 0 Å². The van der Waals surface area contributed by atoms with Crippen molar-refractivity contribution in [3.05, 3.63) is 0 Å². The maximum absolute atomic E-state index is 11.4. The predicted molar refractivity (Wildman–Crippen MR) is 61.8 cm³/mol. The lowest BCUT2D eigenvalue weighted by atomic mass is 10.1. The molecule has 0 spiro atoms. The predicted octanol–water partition coefficient (Wildman–Crippen LogP) is 0.573. The van der Waals surface area contributed by atoms with Crippen molar-refractivity contribution in [2.45, 2.75) is 45.1 Å². The average Bonchev–Trinajstić information content (AvgIpc) is 2.27. The van der Waals surface area contributed by atoms with Crippen LogP contribution in [-0.2, 0) is 14.3 Å². The Balaban J connectivity index is 3.90. The fourth-order valence-corrected chi connectivity index (χ4v) is 1.38. The van der Waals surface area contributed by atoms with E-state index in [1.54, 1.807) is 0 Å². The van der Waals surface area contributed by atoms with Gasteiger partial charge in [-0.25, -0.2) is 0 Å². The van der Waals surface area contributed by atoms with Crippen LogP contribution in [0.15, 0.2) is 0 Å². The fourth-order valence-electron chi connectivity index (χ4n) is 1.38.